The predicted octanol–water partition coefficient (Wildman–Crippen LogP) is 3.76. The molecular weight excluding hydrogens is 348 g/mol. The number of nitrogens with zero attached hydrogens (tertiary/aromatic N) is 4. The first-order chi connectivity index (χ1) is 12.7. The largest absolute Gasteiger partial charge is 0.495 e. The van der Waals surface area contributed by atoms with Gasteiger partial charge in [0.25, 0.3) is 0 Å². The lowest BCUT2D eigenvalue weighted by molar-refractivity contribution is 0.242. The average molecular weight is 367 g/mol. The van der Waals surface area contributed by atoms with Crippen LogP contribution in [0.5, 0.6) is 5.75 Å². The first-order valence-corrected chi connectivity index (χ1v) is 8.91. The van der Waals surface area contributed by atoms with Gasteiger partial charge in [0.05, 0.1) is 17.8 Å². The molecule has 0 atom stereocenters. The molecule has 2 aromatic heterocycles. The highest BCUT2D eigenvalue weighted by Crippen LogP contribution is 2.30. The number of rotatable bonds is 4. The highest BCUT2D eigenvalue weighted by Gasteiger charge is 2.20. The van der Waals surface area contributed by atoms with Gasteiger partial charge in [-0.25, -0.2) is 9.97 Å². The minimum Gasteiger partial charge on any atom is -0.495 e. The maximum absolute atomic E-state index is 6.44. The number of fused-ring (bicyclic) bond motifs is 1. The molecule has 0 N–H and O–H groups in total. The van der Waals surface area contributed by atoms with Crippen molar-refractivity contribution < 1.29 is 4.74 Å². The Morgan fingerprint density at radius 2 is 2.04 bits per heavy atom. The summed E-state index contributed by atoms with van der Waals surface area (Å²) < 4.78 is 5.31. The zero-order valence-electron chi connectivity index (χ0n) is 14.5. The van der Waals surface area contributed by atoms with Gasteiger partial charge in [-0.2, -0.15) is 0 Å². The van der Waals surface area contributed by atoms with Crippen molar-refractivity contribution in [3.63, 3.8) is 0 Å². The summed E-state index contributed by atoms with van der Waals surface area (Å²) in [6.45, 7) is 2.54. The van der Waals surface area contributed by atoms with Crippen LogP contribution in [0, 0.1) is 0 Å². The van der Waals surface area contributed by atoms with Crippen molar-refractivity contribution in [2.75, 3.05) is 13.7 Å². The van der Waals surface area contributed by atoms with Crippen LogP contribution in [-0.4, -0.2) is 33.5 Å². The summed E-state index contributed by atoms with van der Waals surface area (Å²) in [5, 5.41) is 0.685. The normalized spacial score (nSPS) is 14.1. The molecule has 3 heterocycles. The van der Waals surface area contributed by atoms with E-state index in [1.807, 2.05) is 36.5 Å². The van der Waals surface area contributed by atoms with Crippen molar-refractivity contribution in [3.8, 4) is 17.1 Å². The lowest BCUT2D eigenvalue weighted by Gasteiger charge is -2.28. The Balaban J connectivity index is 1.52. The third kappa shape index (κ3) is 3.41. The van der Waals surface area contributed by atoms with Gasteiger partial charge in [0.15, 0.2) is 5.82 Å². The number of ether oxygens (including phenoxy) is 1. The summed E-state index contributed by atoms with van der Waals surface area (Å²) in [4.78, 5) is 15.7. The molecular formula is C20H19ClN4O. The van der Waals surface area contributed by atoms with Gasteiger partial charge in [0.2, 0.25) is 0 Å². The smallest absolute Gasteiger partial charge is 0.159 e. The van der Waals surface area contributed by atoms with Gasteiger partial charge in [-0.3, -0.25) is 9.88 Å². The van der Waals surface area contributed by atoms with Gasteiger partial charge < -0.3 is 4.74 Å². The molecule has 3 aromatic rings. The van der Waals surface area contributed by atoms with Crippen LogP contribution in [-0.2, 0) is 19.5 Å². The first-order valence-electron chi connectivity index (χ1n) is 8.53. The predicted molar refractivity (Wildman–Crippen MR) is 101 cm³/mol. The van der Waals surface area contributed by atoms with Gasteiger partial charge in [-0.1, -0.05) is 23.7 Å². The van der Waals surface area contributed by atoms with Crippen LogP contribution in [0.3, 0.4) is 0 Å². The topological polar surface area (TPSA) is 51.1 Å². The molecule has 0 saturated carbocycles. The third-order valence-electron chi connectivity index (χ3n) is 4.61. The van der Waals surface area contributed by atoms with E-state index in [1.165, 1.54) is 5.56 Å². The standard InChI is InChI=1S/C20H19ClN4O/c1-26-18-4-2-3-15(19(18)21)12-25-10-7-17-16(13-25)11-23-20(24-17)14-5-8-22-9-6-14/h2-6,8-9,11H,7,10,12-13H2,1H3. The van der Waals surface area contributed by atoms with Gasteiger partial charge >= 0.3 is 0 Å². The van der Waals surface area contributed by atoms with E-state index < -0.39 is 0 Å². The summed E-state index contributed by atoms with van der Waals surface area (Å²) >= 11 is 6.44. The van der Waals surface area contributed by atoms with Crippen LogP contribution in [0.15, 0.2) is 48.9 Å². The van der Waals surface area contributed by atoms with Gasteiger partial charge in [0.1, 0.15) is 5.75 Å². The molecule has 1 aliphatic rings. The van der Waals surface area contributed by atoms with Gasteiger partial charge in [-0.05, 0) is 23.8 Å². The van der Waals surface area contributed by atoms with Crippen molar-refractivity contribution in [1.29, 1.82) is 0 Å². The Morgan fingerprint density at radius 3 is 2.85 bits per heavy atom. The van der Waals surface area contributed by atoms with Crippen LogP contribution in [0.4, 0.5) is 0 Å². The van der Waals surface area contributed by atoms with Gasteiger partial charge in [0, 0.05) is 55.8 Å². The minimum atomic E-state index is 0.685. The average Bonchev–Trinajstić information content (AvgIpc) is 2.70. The second kappa shape index (κ2) is 7.40. The Kier molecular flexibility index (Phi) is 4.82. The third-order valence-corrected chi connectivity index (χ3v) is 5.04. The first kappa shape index (κ1) is 16.9. The van der Waals surface area contributed by atoms with Crippen LogP contribution >= 0.6 is 11.6 Å². The van der Waals surface area contributed by atoms with Crippen LogP contribution in [0.25, 0.3) is 11.4 Å². The second-order valence-corrected chi connectivity index (χ2v) is 6.67. The lowest BCUT2D eigenvalue weighted by atomic mass is 10.1. The highest BCUT2D eigenvalue weighted by molar-refractivity contribution is 6.32. The fourth-order valence-corrected chi connectivity index (χ4v) is 3.49. The quantitative estimate of drug-likeness (QED) is 0.703. The van der Waals surface area contributed by atoms with Crippen molar-refractivity contribution >= 4 is 11.6 Å². The summed E-state index contributed by atoms with van der Waals surface area (Å²) in [6, 6.07) is 9.76. The van der Waals surface area contributed by atoms with E-state index >= 15 is 0 Å². The van der Waals surface area contributed by atoms with Crippen molar-refractivity contribution in [2.24, 2.45) is 0 Å². The fraction of sp³-hybridized carbons (Fsp3) is 0.250. The zero-order valence-corrected chi connectivity index (χ0v) is 15.3. The molecule has 0 radical (unpaired) electrons. The molecule has 1 aromatic carbocycles. The van der Waals surface area contributed by atoms with Crippen LogP contribution < -0.4 is 4.74 Å². The van der Waals surface area contributed by atoms with Crippen molar-refractivity contribution in [2.45, 2.75) is 19.5 Å². The monoisotopic (exact) mass is 366 g/mol. The Morgan fingerprint density at radius 1 is 1.19 bits per heavy atom. The van der Waals surface area contributed by atoms with E-state index in [2.05, 4.69) is 14.9 Å². The van der Waals surface area contributed by atoms with E-state index in [0.29, 0.717) is 10.8 Å². The number of halogens is 1. The van der Waals surface area contributed by atoms with E-state index in [-0.39, 0.29) is 0 Å². The molecule has 0 saturated heterocycles. The maximum Gasteiger partial charge on any atom is 0.159 e. The molecule has 0 fully saturated rings. The Bertz CT molecular complexity index is 917. The van der Waals surface area contributed by atoms with Crippen LogP contribution in [0.1, 0.15) is 16.8 Å². The highest BCUT2D eigenvalue weighted by atomic mass is 35.5. The molecule has 1 aliphatic heterocycles. The number of pyridine rings is 1. The molecule has 4 rings (SSSR count). The van der Waals surface area contributed by atoms with Crippen LogP contribution in [0.2, 0.25) is 5.02 Å². The minimum absolute atomic E-state index is 0.685. The summed E-state index contributed by atoms with van der Waals surface area (Å²) in [5.41, 5.74) is 4.37. The van der Waals surface area contributed by atoms with Crippen molar-refractivity contribution in [3.05, 3.63) is 70.8 Å². The summed E-state index contributed by atoms with van der Waals surface area (Å²) in [6.07, 6.45) is 6.37. The molecule has 132 valence electrons. The molecule has 0 aliphatic carbocycles. The second-order valence-electron chi connectivity index (χ2n) is 6.30. The molecule has 0 unspecified atom stereocenters. The lowest BCUT2D eigenvalue weighted by Crippen LogP contribution is -2.31. The van der Waals surface area contributed by atoms with E-state index in [0.717, 1.165) is 48.7 Å². The number of aromatic nitrogens is 3. The summed E-state index contributed by atoms with van der Waals surface area (Å²) in [7, 11) is 1.64. The van der Waals surface area contributed by atoms with E-state index in [1.54, 1.807) is 19.5 Å². The molecule has 6 heteroatoms. The Hall–Kier alpha value is -2.50. The fourth-order valence-electron chi connectivity index (χ4n) is 3.23. The maximum atomic E-state index is 6.44. The van der Waals surface area contributed by atoms with Crippen molar-refractivity contribution in [1.82, 2.24) is 19.9 Å². The zero-order chi connectivity index (χ0) is 17.9. The number of benzene rings is 1. The number of methoxy groups -OCH3 is 1. The number of hydrogen-bond acceptors (Lipinski definition) is 5. The van der Waals surface area contributed by atoms with E-state index in [9.17, 15) is 0 Å². The number of hydrogen-bond donors (Lipinski definition) is 0. The molecule has 0 amide bonds. The molecule has 0 spiro atoms. The Labute approximate surface area is 157 Å². The summed E-state index contributed by atoms with van der Waals surface area (Å²) in [5.74, 6) is 1.47. The van der Waals surface area contributed by atoms with E-state index in [4.69, 9.17) is 21.3 Å². The molecule has 26 heavy (non-hydrogen) atoms. The molecule has 5 nitrogen and oxygen atoms in total. The SMILES string of the molecule is COc1cccc(CN2CCc3nc(-c4ccncc4)ncc3C2)c1Cl. The molecule has 0 bridgehead atoms. The van der Waals surface area contributed by atoms with Gasteiger partial charge in [-0.15, -0.1) is 0 Å².